The van der Waals surface area contributed by atoms with Crippen molar-refractivity contribution in [3.05, 3.63) is 24.3 Å². The molecule has 2 rings (SSSR count). The number of benzene rings is 1. The molecule has 0 aliphatic carbocycles. The monoisotopic (exact) mass is 294 g/mol. The summed E-state index contributed by atoms with van der Waals surface area (Å²) in [5.74, 6) is 0. The second-order valence-corrected chi connectivity index (χ2v) is 5.61. The Morgan fingerprint density at radius 1 is 1.19 bits per heavy atom. The third-order valence-electron chi connectivity index (χ3n) is 3.74. The molecule has 0 radical (unpaired) electrons. The molecule has 118 valence electrons. The summed E-state index contributed by atoms with van der Waals surface area (Å²) < 4.78 is 10.6. The van der Waals surface area contributed by atoms with Crippen molar-refractivity contribution < 1.29 is 14.6 Å². The molecule has 1 heterocycles. The van der Waals surface area contributed by atoms with Gasteiger partial charge in [0.25, 0.3) is 0 Å². The van der Waals surface area contributed by atoms with E-state index in [1.807, 2.05) is 19.1 Å². The number of methoxy groups -OCH3 is 1. The number of aliphatic hydroxyl groups is 1. The molecule has 0 aromatic heterocycles. The van der Waals surface area contributed by atoms with Crippen LogP contribution in [0.4, 0.5) is 11.4 Å². The maximum absolute atomic E-state index is 10.2. The van der Waals surface area contributed by atoms with Crippen molar-refractivity contribution in [3.8, 4) is 0 Å². The third kappa shape index (κ3) is 4.33. The highest BCUT2D eigenvalue weighted by Crippen LogP contribution is 2.31. The van der Waals surface area contributed by atoms with Crippen LogP contribution in [0.2, 0.25) is 0 Å². The summed E-state index contributed by atoms with van der Waals surface area (Å²) in [5.41, 5.74) is 2.39. The van der Waals surface area contributed by atoms with Gasteiger partial charge in [-0.05, 0) is 19.1 Å². The molecule has 0 saturated heterocycles. The molecular formula is C16H26N2O3. The number of fused-ring (bicyclic) bond motifs is 1. The molecule has 2 unspecified atom stereocenters. The van der Waals surface area contributed by atoms with Gasteiger partial charge in [0.2, 0.25) is 0 Å². The summed E-state index contributed by atoms with van der Waals surface area (Å²) in [6.45, 7) is 5.29. The van der Waals surface area contributed by atoms with Crippen molar-refractivity contribution in [1.82, 2.24) is 0 Å². The van der Waals surface area contributed by atoms with Crippen LogP contribution in [-0.4, -0.2) is 64.3 Å². The third-order valence-corrected chi connectivity index (χ3v) is 3.74. The maximum Gasteiger partial charge on any atom is 0.0948 e. The van der Waals surface area contributed by atoms with Gasteiger partial charge in [0, 0.05) is 33.8 Å². The Kier molecular flexibility index (Phi) is 5.85. The first-order valence-corrected chi connectivity index (χ1v) is 7.45. The first kappa shape index (κ1) is 16.1. The lowest BCUT2D eigenvalue weighted by molar-refractivity contribution is -0.0295. The number of rotatable bonds is 7. The summed E-state index contributed by atoms with van der Waals surface area (Å²) in [7, 11) is 3.75. The van der Waals surface area contributed by atoms with Crippen LogP contribution >= 0.6 is 0 Å². The van der Waals surface area contributed by atoms with Crippen molar-refractivity contribution in [2.75, 3.05) is 56.8 Å². The van der Waals surface area contributed by atoms with Crippen LogP contribution in [0.25, 0.3) is 0 Å². The van der Waals surface area contributed by atoms with Gasteiger partial charge in [-0.3, -0.25) is 0 Å². The van der Waals surface area contributed by atoms with Crippen LogP contribution in [0.5, 0.6) is 0 Å². The summed E-state index contributed by atoms with van der Waals surface area (Å²) in [5, 5.41) is 10.2. The van der Waals surface area contributed by atoms with E-state index in [0.717, 1.165) is 13.1 Å². The number of likely N-dealkylation sites (N-methyl/N-ethyl adjacent to an activating group) is 1. The molecule has 0 saturated carbocycles. The van der Waals surface area contributed by atoms with Gasteiger partial charge in [0.05, 0.1) is 36.8 Å². The quantitative estimate of drug-likeness (QED) is 0.822. The lowest BCUT2D eigenvalue weighted by Gasteiger charge is -2.38. The van der Waals surface area contributed by atoms with Crippen molar-refractivity contribution in [2.24, 2.45) is 0 Å². The number of aliphatic hydroxyl groups excluding tert-OH is 1. The lowest BCUT2D eigenvalue weighted by atomic mass is 10.1. The summed E-state index contributed by atoms with van der Waals surface area (Å²) in [6, 6.07) is 8.30. The van der Waals surface area contributed by atoms with Gasteiger partial charge in [-0.1, -0.05) is 12.1 Å². The van der Waals surface area contributed by atoms with Crippen molar-refractivity contribution in [1.29, 1.82) is 0 Å². The minimum absolute atomic E-state index is 0.00410. The molecule has 2 atom stereocenters. The second kappa shape index (κ2) is 7.64. The highest BCUT2D eigenvalue weighted by atomic mass is 16.5. The molecule has 1 aromatic rings. The van der Waals surface area contributed by atoms with Gasteiger partial charge in [-0.2, -0.15) is 0 Å². The van der Waals surface area contributed by atoms with E-state index in [-0.39, 0.29) is 6.10 Å². The fraction of sp³-hybridized carbons (Fsp3) is 0.625. The fourth-order valence-corrected chi connectivity index (χ4v) is 2.62. The van der Waals surface area contributed by atoms with Gasteiger partial charge in [-0.25, -0.2) is 0 Å². The van der Waals surface area contributed by atoms with E-state index in [0.29, 0.717) is 19.8 Å². The predicted molar refractivity (Wildman–Crippen MR) is 85.2 cm³/mol. The van der Waals surface area contributed by atoms with Gasteiger partial charge < -0.3 is 24.4 Å². The zero-order valence-corrected chi connectivity index (χ0v) is 13.2. The normalized spacial score (nSPS) is 17.5. The Hall–Kier alpha value is -1.30. The number of hydrogen-bond donors (Lipinski definition) is 1. The molecule has 5 nitrogen and oxygen atoms in total. The van der Waals surface area contributed by atoms with E-state index in [2.05, 4.69) is 29.0 Å². The zero-order chi connectivity index (χ0) is 15.2. The zero-order valence-electron chi connectivity index (χ0n) is 13.2. The number of ether oxygens (including phenoxy) is 2. The first-order valence-electron chi connectivity index (χ1n) is 7.45. The maximum atomic E-state index is 10.2. The SMILES string of the molecule is COCC(C)OCC(O)CN1CCN(C)c2ccccc21. The first-order chi connectivity index (χ1) is 10.1. The summed E-state index contributed by atoms with van der Waals surface area (Å²) in [6.07, 6.45) is -0.495. The molecule has 1 aliphatic heterocycles. The largest absolute Gasteiger partial charge is 0.389 e. The Morgan fingerprint density at radius 3 is 2.62 bits per heavy atom. The number of hydrogen-bond acceptors (Lipinski definition) is 5. The van der Waals surface area contributed by atoms with Crippen LogP contribution in [0, 0.1) is 0 Å². The van der Waals surface area contributed by atoms with E-state index in [1.54, 1.807) is 7.11 Å². The standard InChI is InChI=1S/C16H26N2O3/c1-13(11-20-3)21-12-14(19)10-18-9-8-17(2)15-6-4-5-7-16(15)18/h4-7,13-14,19H,8-12H2,1-3H3. The molecule has 0 bridgehead atoms. The minimum atomic E-state index is -0.499. The number of nitrogens with zero attached hydrogens (tertiary/aromatic N) is 2. The number of para-hydroxylation sites is 2. The van der Waals surface area contributed by atoms with E-state index in [1.165, 1.54) is 11.4 Å². The Balaban J connectivity index is 1.90. The fourth-order valence-electron chi connectivity index (χ4n) is 2.62. The summed E-state index contributed by atoms with van der Waals surface area (Å²) in [4.78, 5) is 4.47. The predicted octanol–water partition coefficient (Wildman–Crippen LogP) is 1.36. The molecule has 0 spiro atoms. The van der Waals surface area contributed by atoms with E-state index < -0.39 is 6.10 Å². The molecule has 0 amide bonds. The number of anilines is 2. The van der Waals surface area contributed by atoms with Gasteiger partial charge in [-0.15, -0.1) is 0 Å². The highest BCUT2D eigenvalue weighted by molar-refractivity contribution is 5.73. The molecule has 1 N–H and O–H groups in total. The van der Waals surface area contributed by atoms with Gasteiger partial charge in [0.15, 0.2) is 0 Å². The Labute approximate surface area is 127 Å². The van der Waals surface area contributed by atoms with Crippen LogP contribution < -0.4 is 9.80 Å². The topological polar surface area (TPSA) is 45.2 Å². The number of β-amino-alcohol motifs (C(OH)–C–C–N with tert-alkyl or cyclic N) is 1. The van der Waals surface area contributed by atoms with Crippen LogP contribution in [0.15, 0.2) is 24.3 Å². The van der Waals surface area contributed by atoms with Crippen molar-refractivity contribution >= 4 is 11.4 Å². The summed E-state index contributed by atoms with van der Waals surface area (Å²) >= 11 is 0. The van der Waals surface area contributed by atoms with Crippen LogP contribution in [-0.2, 0) is 9.47 Å². The molecule has 1 aromatic carbocycles. The highest BCUT2D eigenvalue weighted by Gasteiger charge is 2.22. The van der Waals surface area contributed by atoms with E-state index in [4.69, 9.17) is 9.47 Å². The molecule has 0 fully saturated rings. The minimum Gasteiger partial charge on any atom is -0.389 e. The second-order valence-electron chi connectivity index (χ2n) is 5.61. The van der Waals surface area contributed by atoms with Crippen molar-refractivity contribution in [2.45, 2.75) is 19.1 Å². The van der Waals surface area contributed by atoms with Crippen LogP contribution in [0.1, 0.15) is 6.92 Å². The van der Waals surface area contributed by atoms with Crippen molar-refractivity contribution in [3.63, 3.8) is 0 Å². The average molecular weight is 294 g/mol. The Morgan fingerprint density at radius 2 is 1.90 bits per heavy atom. The van der Waals surface area contributed by atoms with E-state index >= 15 is 0 Å². The molecule has 1 aliphatic rings. The van der Waals surface area contributed by atoms with Gasteiger partial charge in [0.1, 0.15) is 0 Å². The lowest BCUT2D eigenvalue weighted by Crippen LogP contribution is -2.44. The smallest absolute Gasteiger partial charge is 0.0948 e. The molecule has 5 heteroatoms. The van der Waals surface area contributed by atoms with Crippen LogP contribution in [0.3, 0.4) is 0 Å². The average Bonchev–Trinajstić information content (AvgIpc) is 2.49. The van der Waals surface area contributed by atoms with E-state index in [9.17, 15) is 5.11 Å². The Bertz CT molecular complexity index is 441. The van der Waals surface area contributed by atoms with Gasteiger partial charge >= 0.3 is 0 Å². The molecular weight excluding hydrogens is 268 g/mol. The molecule has 21 heavy (non-hydrogen) atoms.